The first kappa shape index (κ1) is 12.6. The maximum Gasteiger partial charge on any atom is 0.223 e. The molecule has 0 saturated heterocycles. The minimum atomic E-state index is 0.0769. The fourth-order valence-corrected chi connectivity index (χ4v) is 1.38. The molecule has 4 nitrogen and oxygen atoms in total. The minimum Gasteiger partial charge on any atom is -0.397 e. The van der Waals surface area contributed by atoms with E-state index < -0.39 is 0 Å². The van der Waals surface area contributed by atoms with Crippen molar-refractivity contribution in [2.45, 2.75) is 6.42 Å². The predicted molar refractivity (Wildman–Crippen MR) is 67.7 cm³/mol. The van der Waals surface area contributed by atoms with E-state index in [2.05, 4.69) is 5.32 Å². The molecule has 0 saturated carbocycles. The Kier molecular flexibility index (Phi) is 4.43. The molecule has 1 aromatic rings. The van der Waals surface area contributed by atoms with Gasteiger partial charge in [0, 0.05) is 32.1 Å². The van der Waals surface area contributed by atoms with Crippen LogP contribution in [0.25, 0.3) is 0 Å². The molecule has 0 aliphatic rings. The Bertz CT molecular complexity index is 379. The van der Waals surface area contributed by atoms with Crippen LogP contribution in [0.2, 0.25) is 5.02 Å². The molecule has 0 fully saturated rings. The minimum absolute atomic E-state index is 0.0769. The number of nitrogens with zero attached hydrogens (tertiary/aromatic N) is 1. The van der Waals surface area contributed by atoms with E-state index >= 15 is 0 Å². The number of anilines is 2. The summed E-state index contributed by atoms with van der Waals surface area (Å²) in [4.78, 5) is 12.9. The molecule has 3 N–H and O–H groups in total. The van der Waals surface area contributed by atoms with Gasteiger partial charge in [0.15, 0.2) is 0 Å². The molecular weight excluding hydrogens is 226 g/mol. The zero-order valence-electron chi connectivity index (χ0n) is 9.46. The molecule has 0 bridgehead atoms. The van der Waals surface area contributed by atoms with Crippen molar-refractivity contribution in [3.8, 4) is 0 Å². The number of nitrogens with two attached hydrogens (primary N) is 1. The molecule has 88 valence electrons. The second kappa shape index (κ2) is 5.61. The van der Waals surface area contributed by atoms with E-state index in [-0.39, 0.29) is 5.91 Å². The van der Waals surface area contributed by atoms with Gasteiger partial charge in [0.2, 0.25) is 5.91 Å². The monoisotopic (exact) mass is 241 g/mol. The lowest BCUT2D eigenvalue weighted by atomic mass is 10.2. The van der Waals surface area contributed by atoms with Crippen LogP contribution in [0.3, 0.4) is 0 Å². The second-order valence-corrected chi connectivity index (χ2v) is 4.13. The molecule has 0 spiro atoms. The molecule has 0 unspecified atom stereocenters. The van der Waals surface area contributed by atoms with Crippen molar-refractivity contribution in [2.75, 3.05) is 31.7 Å². The van der Waals surface area contributed by atoms with Crippen molar-refractivity contribution < 1.29 is 4.79 Å². The maximum absolute atomic E-state index is 11.3. The standard InChI is InChI=1S/C11H16ClN3O/c1-15(2)11(16)5-6-14-10-7-8(12)3-4-9(10)13/h3-4,7,14H,5-6,13H2,1-2H3. The van der Waals surface area contributed by atoms with Gasteiger partial charge >= 0.3 is 0 Å². The number of nitrogens with one attached hydrogen (secondary N) is 1. The first-order valence-corrected chi connectivity index (χ1v) is 5.37. The van der Waals surface area contributed by atoms with Gasteiger partial charge in [-0.3, -0.25) is 4.79 Å². The van der Waals surface area contributed by atoms with Crippen LogP contribution in [0, 0.1) is 0 Å². The Hall–Kier alpha value is -1.42. The lowest BCUT2D eigenvalue weighted by Gasteiger charge is -2.12. The van der Waals surface area contributed by atoms with Crippen LogP contribution in [0.4, 0.5) is 11.4 Å². The Labute approximate surface area is 100 Å². The number of carbonyl (C=O) groups is 1. The van der Waals surface area contributed by atoms with Gasteiger partial charge in [-0.25, -0.2) is 0 Å². The first-order valence-electron chi connectivity index (χ1n) is 4.99. The number of rotatable bonds is 4. The van der Waals surface area contributed by atoms with Crippen molar-refractivity contribution >= 4 is 28.9 Å². The van der Waals surface area contributed by atoms with Crippen molar-refractivity contribution in [3.63, 3.8) is 0 Å². The van der Waals surface area contributed by atoms with Gasteiger partial charge in [-0.05, 0) is 18.2 Å². The number of benzene rings is 1. The van der Waals surface area contributed by atoms with Crippen LogP contribution in [0.5, 0.6) is 0 Å². The number of amides is 1. The summed E-state index contributed by atoms with van der Waals surface area (Å²) in [5.74, 6) is 0.0769. The molecule has 5 heteroatoms. The Morgan fingerprint density at radius 3 is 2.81 bits per heavy atom. The van der Waals surface area contributed by atoms with Crippen molar-refractivity contribution in [3.05, 3.63) is 23.2 Å². The van der Waals surface area contributed by atoms with Gasteiger partial charge < -0.3 is 16.0 Å². The third-order valence-corrected chi connectivity index (χ3v) is 2.40. The summed E-state index contributed by atoms with van der Waals surface area (Å²) in [6.07, 6.45) is 0.430. The normalized spacial score (nSPS) is 9.94. The van der Waals surface area contributed by atoms with Crippen molar-refractivity contribution in [1.82, 2.24) is 4.90 Å². The molecule has 1 rings (SSSR count). The van der Waals surface area contributed by atoms with E-state index in [0.29, 0.717) is 23.7 Å². The van der Waals surface area contributed by atoms with Crippen molar-refractivity contribution in [1.29, 1.82) is 0 Å². The van der Waals surface area contributed by atoms with Gasteiger partial charge in [-0.1, -0.05) is 11.6 Å². The van der Waals surface area contributed by atoms with E-state index in [9.17, 15) is 4.79 Å². The maximum atomic E-state index is 11.3. The Morgan fingerprint density at radius 1 is 1.50 bits per heavy atom. The highest BCUT2D eigenvalue weighted by atomic mass is 35.5. The van der Waals surface area contributed by atoms with E-state index in [1.807, 2.05) is 0 Å². The topological polar surface area (TPSA) is 58.4 Å². The SMILES string of the molecule is CN(C)C(=O)CCNc1cc(Cl)ccc1N. The summed E-state index contributed by atoms with van der Waals surface area (Å²) in [7, 11) is 3.46. The van der Waals surface area contributed by atoms with E-state index in [4.69, 9.17) is 17.3 Å². The summed E-state index contributed by atoms with van der Waals surface area (Å²) in [6.45, 7) is 0.543. The molecule has 0 aromatic heterocycles. The summed E-state index contributed by atoms with van der Waals surface area (Å²) < 4.78 is 0. The van der Waals surface area contributed by atoms with Gasteiger partial charge in [0.05, 0.1) is 11.4 Å². The molecule has 0 atom stereocenters. The van der Waals surface area contributed by atoms with E-state index in [1.54, 1.807) is 37.2 Å². The highest BCUT2D eigenvalue weighted by Gasteiger charge is 2.04. The summed E-state index contributed by atoms with van der Waals surface area (Å²) >= 11 is 5.84. The van der Waals surface area contributed by atoms with Crippen LogP contribution >= 0.6 is 11.6 Å². The highest BCUT2D eigenvalue weighted by molar-refractivity contribution is 6.31. The molecule has 0 heterocycles. The third-order valence-electron chi connectivity index (χ3n) is 2.17. The Morgan fingerprint density at radius 2 is 2.19 bits per heavy atom. The quantitative estimate of drug-likeness (QED) is 0.791. The molecule has 1 aromatic carbocycles. The summed E-state index contributed by atoms with van der Waals surface area (Å²) in [5.41, 5.74) is 7.14. The van der Waals surface area contributed by atoms with Crippen LogP contribution in [0.15, 0.2) is 18.2 Å². The first-order chi connectivity index (χ1) is 7.50. The van der Waals surface area contributed by atoms with E-state index in [1.165, 1.54) is 0 Å². The van der Waals surface area contributed by atoms with Crippen molar-refractivity contribution in [2.24, 2.45) is 0 Å². The molecular formula is C11H16ClN3O. The number of hydrogen-bond donors (Lipinski definition) is 2. The van der Waals surface area contributed by atoms with E-state index in [0.717, 1.165) is 5.69 Å². The lowest BCUT2D eigenvalue weighted by molar-refractivity contribution is -0.128. The summed E-state index contributed by atoms with van der Waals surface area (Å²) in [5, 5.41) is 3.70. The molecule has 0 aliphatic carbocycles. The van der Waals surface area contributed by atoms with Crippen LogP contribution in [-0.2, 0) is 4.79 Å². The average Bonchev–Trinajstić information content (AvgIpc) is 2.22. The number of halogens is 1. The zero-order chi connectivity index (χ0) is 12.1. The van der Waals surface area contributed by atoms with Crippen LogP contribution in [-0.4, -0.2) is 31.4 Å². The van der Waals surface area contributed by atoms with Gasteiger partial charge in [0.1, 0.15) is 0 Å². The summed E-state index contributed by atoms with van der Waals surface area (Å²) in [6, 6.07) is 5.21. The van der Waals surface area contributed by atoms with Gasteiger partial charge in [-0.15, -0.1) is 0 Å². The zero-order valence-corrected chi connectivity index (χ0v) is 10.2. The van der Waals surface area contributed by atoms with Crippen LogP contribution < -0.4 is 11.1 Å². The lowest BCUT2D eigenvalue weighted by Crippen LogP contribution is -2.24. The Balaban J connectivity index is 2.49. The second-order valence-electron chi connectivity index (χ2n) is 3.70. The fraction of sp³-hybridized carbons (Fsp3) is 0.364. The highest BCUT2D eigenvalue weighted by Crippen LogP contribution is 2.22. The largest absolute Gasteiger partial charge is 0.397 e. The van der Waals surface area contributed by atoms with Crippen LogP contribution in [0.1, 0.15) is 6.42 Å². The predicted octanol–water partition coefficient (Wildman–Crippen LogP) is 1.81. The molecule has 16 heavy (non-hydrogen) atoms. The molecule has 0 radical (unpaired) electrons. The smallest absolute Gasteiger partial charge is 0.223 e. The fourth-order valence-electron chi connectivity index (χ4n) is 1.21. The molecule has 1 amide bonds. The molecule has 0 aliphatic heterocycles. The average molecular weight is 242 g/mol. The number of carbonyl (C=O) groups excluding carboxylic acids is 1. The van der Waals surface area contributed by atoms with Gasteiger partial charge in [-0.2, -0.15) is 0 Å². The van der Waals surface area contributed by atoms with Gasteiger partial charge in [0.25, 0.3) is 0 Å². The third kappa shape index (κ3) is 3.62. The number of hydrogen-bond acceptors (Lipinski definition) is 3. The number of nitrogen functional groups attached to an aromatic ring is 1.